The van der Waals surface area contributed by atoms with Gasteiger partial charge in [-0.05, 0) is 36.8 Å². The molecule has 0 aliphatic carbocycles. The highest BCUT2D eigenvalue weighted by atomic mass is 35.5. The third-order valence-electron chi connectivity index (χ3n) is 3.97. The van der Waals surface area contributed by atoms with E-state index in [9.17, 15) is 18.0 Å². The van der Waals surface area contributed by atoms with Crippen molar-refractivity contribution in [3.8, 4) is 5.75 Å². The van der Waals surface area contributed by atoms with E-state index in [1.165, 1.54) is 18.2 Å². The number of benzene rings is 1. The zero-order chi connectivity index (χ0) is 17.6. The Hall–Kier alpha value is -1.51. The summed E-state index contributed by atoms with van der Waals surface area (Å²) in [5.41, 5.74) is 6.31. The van der Waals surface area contributed by atoms with Crippen molar-refractivity contribution in [3.05, 3.63) is 29.8 Å². The molecule has 5 nitrogen and oxygen atoms in total. The maximum Gasteiger partial charge on any atom is 0.573 e. The number of carbonyl (C=O) groups is 1. The molecule has 25 heavy (non-hydrogen) atoms. The van der Waals surface area contributed by atoms with Gasteiger partial charge < -0.3 is 20.5 Å². The number of para-hydroxylation sites is 1. The molecule has 1 aromatic carbocycles. The van der Waals surface area contributed by atoms with Gasteiger partial charge in [0.25, 0.3) is 0 Å². The fraction of sp³-hybridized carbons (Fsp3) is 0.562. The van der Waals surface area contributed by atoms with E-state index in [0.29, 0.717) is 18.8 Å². The summed E-state index contributed by atoms with van der Waals surface area (Å²) < 4.78 is 46.3. The summed E-state index contributed by atoms with van der Waals surface area (Å²) in [5.74, 6) is -0.483. The van der Waals surface area contributed by atoms with E-state index < -0.39 is 12.4 Å². The van der Waals surface area contributed by atoms with Gasteiger partial charge in [-0.3, -0.25) is 4.79 Å². The van der Waals surface area contributed by atoms with Crippen molar-refractivity contribution in [1.82, 2.24) is 5.32 Å². The molecule has 1 atom stereocenters. The van der Waals surface area contributed by atoms with Crippen LogP contribution in [-0.4, -0.2) is 38.1 Å². The maximum atomic E-state index is 12.4. The summed E-state index contributed by atoms with van der Waals surface area (Å²) >= 11 is 0. The number of amides is 1. The monoisotopic (exact) mass is 382 g/mol. The van der Waals surface area contributed by atoms with Crippen molar-refractivity contribution in [2.24, 2.45) is 11.7 Å². The van der Waals surface area contributed by atoms with Crippen LogP contribution in [0.3, 0.4) is 0 Å². The van der Waals surface area contributed by atoms with Crippen molar-refractivity contribution >= 4 is 18.3 Å². The van der Waals surface area contributed by atoms with Crippen LogP contribution in [0.25, 0.3) is 0 Å². The molecule has 9 heteroatoms. The molecule has 1 aliphatic heterocycles. The SMILES string of the molecule is Cl.NC(C(=O)NCCc1ccccc1OC(F)(F)F)C1CCOCC1. The van der Waals surface area contributed by atoms with Crippen molar-refractivity contribution in [3.63, 3.8) is 0 Å². The molecule has 1 heterocycles. The summed E-state index contributed by atoms with van der Waals surface area (Å²) in [5, 5.41) is 2.68. The molecule has 1 fully saturated rings. The molecular formula is C16H22ClF3N2O3. The van der Waals surface area contributed by atoms with Crippen molar-refractivity contribution < 1.29 is 27.4 Å². The minimum atomic E-state index is -4.75. The fourth-order valence-corrected chi connectivity index (χ4v) is 2.66. The summed E-state index contributed by atoms with van der Waals surface area (Å²) in [4.78, 5) is 12.1. The normalized spacial score (nSPS) is 16.6. The Morgan fingerprint density at radius 2 is 1.96 bits per heavy atom. The molecular weight excluding hydrogens is 361 g/mol. The number of rotatable bonds is 6. The van der Waals surface area contributed by atoms with E-state index in [1.807, 2.05) is 0 Å². The second-order valence-corrected chi connectivity index (χ2v) is 5.67. The fourth-order valence-electron chi connectivity index (χ4n) is 2.66. The van der Waals surface area contributed by atoms with E-state index >= 15 is 0 Å². The summed E-state index contributed by atoms with van der Waals surface area (Å²) in [6.45, 7) is 1.37. The predicted molar refractivity (Wildman–Crippen MR) is 88.6 cm³/mol. The van der Waals surface area contributed by atoms with Crippen LogP contribution < -0.4 is 15.8 Å². The van der Waals surface area contributed by atoms with Gasteiger partial charge in [0.2, 0.25) is 5.91 Å². The Morgan fingerprint density at radius 1 is 1.32 bits per heavy atom. The van der Waals surface area contributed by atoms with Crippen LogP contribution in [0, 0.1) is 5.92 Å². The van der Waals surface area contributed by atoms with Gasteiger partial charge in [0.15, 0.2) is 0 Å². The van der Waals surface area contributed by atoms with E-state index in [4.69, 9.17) is 10.5 Å². The first-order valence-electron chi connectivity index (χ1n) is 7.81. The van der Waals surface area contributed by atoms with Crippen LogP contribution in [0.15, 0.2) is 24.3 Å². The third kappa shape index (κ3) is 7.09. The average molecular weight is 383 g/mol. The summed E-state index contributed by atoms with van der Waals surface area (Å²) in [6, 6.07) is 5.23. The highest BCUT2D eigenvalue weighted by Crippen LogP contribution is 2.26. The zero-order valence-electron chi connectivity index (χ0n) is 13.6. The molecule has 1 saturated heterocycles. The van der Waals surface area contributed by atoms with Gasteiger partial charge in [0, 0.05) is 19.8 Å². The smallest absolute Gasteiger partial charge is 0.406 e. The molecule has 142 valence electrons. The van der Waals surface area contributed by atoms with E-state index in [-0.39, 0.29) is 42.9 Å². The molecule has 1 unspecified atom stereocenters. The lowest BCUT2D eigenvalue weighted by Crippen LogP contribution is -2.47. The standard InChI is InChI=1S/C16H21F3N2O3.ClH/c17-16(18,19)24-13-4-2-1-3-11(13)5-8-21-15(22)14(20)12-6-9-23-10-7-12;/h1-4,12,14H,5-10,20H2,(H,21,22);1H. The predicted octanol–water partition coefficient (Wildman–Crippen LogP) is 2.42. The largest absolute Gasteiger partial charge is 0.573 e. The first kappa shape index (κ1) is 21.5. The molecule has 2 rings (SSSR count). The van der Waals surface area contributed by atoms with Gasteiger partial charge in [-0.2, -0.15) is 0 Å². The minimum absolute atomic E-state index is 0. The van der Waals surface area contributed by atoms with Crippen LogP contribution in [-0.2, 0) is 16.0 Å². The Balaban J connectivity index is 0.00000312. The number of ether oxygens (including phenoxy) is 2. The lowest BCUT2D eigenvalue weighted by Gasteiger charge is -2.26. The van der Waals surface area contributed by atoms with Crippen molar-refractivity contribution in [2.75, 3.05) is 19.8 Å². The molecule has 0 spiro atoms. The lowest BCUT2D eigenvalue weighted by molar-refractivity contribution is -0.274. The molecule has 0 saturated carbocycles. The molecule has 0 aromatic heterocycles. The first-order valence-corrected chi connectivity index (χ1v) is 7.81. The number of nitrogens with one attached hydrogen (secondary N) is 1. The topological polar surface area (TPSA) is 73.6 Å². The molecule has 0 radical (unpaired) electrons. The molecule has 3 N–H and O–H groups in total. The quantitative estimate of drug-likeness (QED) is 0.792. The second kappa shape index (κ2) is 9.84. The van der Waals surface area contributed by atoms with Crippen molar-refractivity contribution in [1.29, 1.82) is 0 Å². The van der Waals surface area contributed by atoms with Crippen LogP contribution >= 0.6 is 12.4 Å². The van der Waals surface area contributed by atoms with E-state index in [1.54, 1.807) is 6.07 Å². The second-order valence-electron chi connectivity index (χ2n) is 5.67. The highest BCUT2D eigenvalue weighted by molar-refractivity contribution is 5.85. The van der Waals surface area contributed by atoms with Crippen molar-refractivity contribution in [2.45, 2.75) is 31.7 Å². The summed E-state index contributed by atoms with van der Waals surface area (Å²) in [7, 11) is 0. The lowest BCUT2D eigenvalue weighted by atomic mass is 9.92. The van der Waals surface area contributed by atoms with E-state index in [0.717, 1.165) is 12.8 Å². The van der Waals surface area contributed by atoms with Crippen LogP contribution in [0.1, 0.15) is 18.4 Å². The number of hydrogen-bond acceptors (Lipinski definition) is 4. The number of halogens is 4. The van der Waals surface area contributed by atoms with E-state index in [2.05, 4.69) is 10.1 Å². The number of alkyl halides is 3. The number of carbonyl (C=O) groups excluding carboxylic acids is 1. The van der Waals surface area contributed by atoms with Gasteiger partial charge in [-0.1, -0.05) is 18.2 Å². The Labute approximate surface area is 150 Å². The average Bonchev–Trinajstić information content (AvgIpc) is 2.55. The van der Waals surface area contributed by atoms with Gasteiger partial charge in [-0.15, -0.1) is 25.6 Å². The maximum absolute atomic E-state index is 12.4. The number of nitrogens with two attached hydrogens (primary N) is 1. The van der Waals surface area contributed by atoms with Gasteiger partial charge in [-0.25, -0.2) is 0 Å². The summed E-state index contributed by atoms with van der Waals surface area (Å²) in [6.07, 6.45) is -3.06. The molecule has 1 amide bonds. The third-order valence-corrected chi connectivity index (χ3v) is 3.97. The van der Waals surface area contributed by atoms with Gasteiger partial charge in [0.05, 0.1) is 6.04 Å². The van der Waals surface area contributed by atoms with Crippen LogP contribution in [0.5, 0.6) is 5.75 Å². The Morgan fingerprint density at radius 3 is 2.60 bits per heavy atom. The van der Waals surface area contributed by atoms with Gasteiger partial charge in [0.1, 0.15) is 5.75 Å². The Kier molecular flexibility index (Phi) is 8.47. The highest BCUT2D eigenvalue weighted by Gasteiger charge is 2.32. The van der Waals surface area contributed by atoms with Crippen LogP contribution in [0.4, 0.5) is 13.2 Å². The minimum Gasteiger partial charge on any atom is -0.406 e. The molecule has 1 aliphatic rings. The van der Waals surface area contributed by atoms with Gasteiger partial charge >= 0.3 is 6.36 Å². The molecule has 1 aromatic rings. The first-order chi connectivity index (χ1) is 11.4. The molecule has 0 bridgehead atoms. The zero-order valence-corrected chi connectivity index (χ0v) is 14.4. The Bertz CT molecular complexity index is 552. The number of hydrogen-bond donors (Lipinski definition) is 2. The van der Waals surface area contributed by atoms with Crippen LogP contribution in [0.2, 0.25) is 0 Å².